The van der Waals surface area contributed by atoms with Gasteiger partial charge in [-0.25, -0.2) is 5.43 Å². The number of hydrogen-bond donors (Lipinski definition) is 1. The number of nitrogens with one attached hydrogen (secondary N) is 1. The lowest BCUT2D eigenvalue weighted by atomic mass is 10.0. The number of rotatable bonds is 7. The van der Waals surface area contributed by atoms with E-state index >= 15 is 0 Å². The number of nitrogens with zero attached hydrogens (tertiary/aromatic N) is 2. The van der Waals surface area contributed by atoms with E-state index in [1.54, 1.807) is 25.5 Å². The molecule has 0 aliphatic carbocycles. The summed E-state index contributed by atoms with van der Waals surface area (Å²) in [6.07, 6.45) is 4.16. The van der Waals surface area contributed by atoms with Crippen LogP contribution in [0.15, 0.2) is 71.8 Å². The van der Waals surface area contributed by atoms with Crippen LogP contribution in [0.4, 0.5) is 5.69 Å². The predicted octanol–water partition coefficient (Wildman–Crippen LogP) is 4.99. The van der Waals surface area contributed by atoms with Crippen LogP contribution in [0.1, 0.15) is 28.7 Å². The van der Waals surface area contributed by atoms with Crippen molar-refractivity contribution in [1.82, 2.24) is 5.43 Å². The van der Waals surface area contributed by atoms with Gasteiger partial charge in [0.15, 0.2) is 0 Å². The quantitative estimate of drug-likeness (QED) is 0.410. The molecule has 1 N–H and O–H groups in total. The molecule has 0 spiro atoms. The summed E-state index contributed by atoms with van der Waals surface area (Å²) in [4.78, 5) is 14.5. The summed E-state index contributed by atoms with van der Waals surface area (Å²) in [6.45, 7) is 1.77. The Kier molecular flexibility index (Phi) is 7.07. The van der Waals surface area contributed by atoms with E-state index < -0.39 is 0 Å². The summed E-state index contributed by atoms with van der Waals surface area (Å²) >= 11 is 5.88. The summed E-state index contributed by atoms with van der Waals surface area (Å²) in [5.74, 6) is 0.666. The summed E-state index contributed by atoms with van der Waals surface area (Å²) in [6, 6.07) is 21.7. The molecule has 3 aromatic carbocycles. The highest BCUT2D eigenvalue weighted by Gasteiger charge is 2.18. The SMILES string of the molecule is COc1ccc(/C=N\NC(=O)Cc2ccc(Cl)cc2)cc1CN1CCCc2ccccc21. The van der Waals surface area contributed by atoms with Gasteiger partial charge in [0.1, 0.15) is 5.75 Å². The Morgan fingerprint density at radius 3 is 2.78 bits per heavy atom. The third kappa shape index (κ3) is 5.48. The number of methoxy groups -OCH3 is 1. The number of carbonyl (C=O) groups is 1. The molecule has 0 saturated carbocycles. The van der Waals surface area contributed by atoms with Gasteiger partial charge in [-0.05, 0) is 65.9 Å². The monoisotopic (exact) mass is 447 g/mol. The van der Waals surface area contributed by atoms with Gasteiger partial charge in [0.2, 0.25) is 5.91 Å². The van der Waals surface area contributed by atoms with Crippen molar-refractivity contribution in [2.75, 3.05) is 18.6 Å². The highest BCUT2D eigenvalue weighted by atomic mass is 35.5. The first-order chi connectivity index (χ1) is 15.6. The van der Waals surface area contributed by atoms with E-state index in [1.165, 1.54) is 11.3 Å². The third-order valence-electron chi connectivity index (χ3n) is 5.55. The zero-order chi connectivity index (χ0) is 22.3. The van der Waals surface area contributed by atoms with Gasteiger partial charge < -0.3 is 9.64 Å². The van der Waals surface area contributed by atoms with E-state index in [9.17, 15) is 4.79 Å². The highest BCUT2D eigenvalue weighted by molar-refractivity contribution is 6.30. The molecule has 1 aliphatic heterocycles. The predicted molar refractivity (Wildman–Crippen MR) is 130 cm³/mol. The van der Waals surface area contributed by atoms with Gasteiger partial charge >= 0.3 is 0 Å². The largest absolute Gasteiger partial charge is 0.496 e. The molecule has 3 aromatic rings. The number of hydrazone groups is 1. The smallest absolute Gasteiger partial charge is 0.244 e. The molecule has 6 heteroatoms. The van der Waals surface area contributed by atoms with Crippen LogP contribution >= 0.6 is 11.6 Å². The first kappa shape index (κ1) is 21.9. The number of halogens is 1. The van der Waals surface area contributed by atoms with Crippen LogP contribution in [-0.2, 0) is 24.2 Å². The highest BCUT2D eigenvalue weighted by Crippen LogP contribution is 2.30. The molecule has 0 unspecified atom stereocenters. The van der Waals surface area contributed by atoms with Crippen molar-refractivity contribution in [3.8, 4) is 5.75 Å². The Labute approximate surface area is 193 Å². The molecule has 32 heavy (non-hydrogen) atoms. The maximum absolute atomic E-state index is 12.2. The van der Waals surface area contributed by atoms with Crippen LogP contribution in [0.3, 0.4) is 0 Å². The van der Waals surface area contributed by atoms with Gasteiger partial charge in [-0.15, -0.1) is 0 Å². The zero-order valence-electron chi connectivity index (χ0n) is 18.1. The fourth-order valence-corrected chi connectivity index (χ4v) is 4.12. The normalized spacial score (nSPS) is 13.1. The van der Waals surface area contributed by atoms with Gasteiger partial charge in [-0.1, -0.05) is 41.9 Å². The van der Waals surface area contributed by atoms with Crippen LogP contribution in [-0.4, -0.2) is 25.8 Å². The maximum atomic E-state index is 12.2. The molecule has 1 amide bonds. The second-order valence-electron chi connectivity index (χ2n) is 7.82. The van der Waals surface area contributed by atoms with Crippen molar-refractivity contribution in [3.05, 3.63) is 94.0 Å². The molecule has 0 radical (unpaired) electrons. The lowest BCUT2D eigenvalue weighted by Gasteiger charge is -2.31. The second kappa shape index (κ2) is 10.3. The van der Waals surface area contributed by atoms with E-state index in [-0.39, 0.29) is 12.3 Å². The van der Waals surface area contributed by atoms with E-state index in [0.717, 1.165) is 48.4 Å². The molecule has 0 fully saturated rings. The van der Waals surface area contributed by atoms with Crippen molar-refractivity contribution in [2.24, 2.45) is 5.10 Å². The lowest BCUT2D eigenvalue weighted by molar-refractivity contribution is -0.120. The molecule has 1 aliphatic rings. The van der Waals surface area contributed by atoms with Crippen LogP contribution in [0.2, 0.25) is 5.02 Å². The molecule has 5 nitrogen and oxygen atoms in total. The molecular formula is C26H26ClN3O2. The zero-order valence-corrected chi connectivity index (χ0v) is 18.8. The third-order valence-corrected chi connectivity index (χ3v) is 5.80. The van der Waals surface area contributed by atoms with Gasteiger partial charge in [-0.2, -0.15) is 5.10 Å². The Morgan fingerprint density at radius 2 is 1.97 bits per heavy atom. The van der Waals surface area contributed by atoms with Gasteiger partial charge in [0, 0.05) is 29.4 Å². The molecular weight excluding hydrogens is 422 g/mol. The minimum absolute atomic E-state index is 0.178. The first-order valence-electron chi connectivity index (χ1n) is 10.7. The number of carbonyl (C=O) groups excluding carboxylic acids is 1. The van der Waals surface area contributed by atoms with Crippen LogP contribution in [0, 0.1) is 0 Å². The second-order valence-corrected chi connectivity index (χ2v) is 8.26. The molecule has 0 aromatic heterocycles. The Bertz CT molecular complexity index is 1110. The molecule has 0 saturated heterocycles. The summed E-state index contributed by atoms with van der Waals surface area (Å²) in [5.41, 5.74) is 8.14. The summed E-state index contributed by atoms with van der Waals surface area (Å²) in [7, 11) is 1.69. The van der Waals surface area contributed by atoms with Crippen LogP contribution in [0.5, 0.6) is 5.75 Å². The fourth-order valence-electron chi connectivity index (χ4n) is 3.99. The Balaban J connectivity index is 1.43. The minimum atomic E-state index is -0.178. The minimum Gasteiger partial charge on any atom is -0.496 e. The first-order valence-corrected chi connectivity index (χ1v) is 11.1. The Morgan fingerprint density at radius 1 is 1.16 bits per heavy atom. The van der Waals surface area contributed by atoms with E-state index in [2.05, 4.69) is 45.8 Å². The number of aryl methyl sites for hydroxylation is 1. The standard InChI is InChI=1S/C26H26ClN3O2/c1-32-25-13-10-20(17-28-29-26(31)16-19-8-11-23(27)12-9-19)15-22(25)18-30-14-4-6-21-5-2-3-7-24(21)30/h2-3,5,7-13,15,17H,4,6,14,16,18H2,1H3,(H,29,31)/b28-17-. The summed E-state index contributed by atoms with van der Waals surface area (Å²) < 4.78 is 5.60. The van der Waals surface area contributed by atoms with Gasteiger partial charge in [0.05, 0.1) is 19.7 Å². The molecule has 4 rings (SSSR count). The van der Waals surface area contributed by atoms with E-state index in [1.807, 2.05) is 24.3 Å². The van der Waals surface area contributed by atoms with Gasteiger partial charge in [-0.3, -0.25) is 4.79 Å². The topological polar surface area (TPSA) is 53.9 Å². The van der Waals surface area contributed by atoms with Crippen molar-refractivity contribution < 1.29 is 9.53 Å². The maximum Gasteiger partial charge on any atom is 0.244 e. The number of para-hydroxylation sites is 1. The van der Waals surface area contributed by atoms with Crippen molar-refractivity contribution in [3.63, 3.8) is 0 Å². The van der Waals surface area contributed by atoms with Crippen molar-refractivity contribution >= 4 is 29.4 Å². The lowest BCUT2D eigenvalue weighted by Crippen LogP contribution is -2.29. The molecule has 0 atom stereocenters. The van der Waals surface area contributed by atoms with E-state index in [0.29, 0.717) is 5.02 Å². The van der Waals surface area contributed by atoms with Crippen molar-refractivity contribution in [1.29, 1.82) is 0 Å². The average molecular weight is 448 g/mol. The van der Waals surface area contributed by atoms with Crippen molar-refractivity contribution in [2.45, 2.75) is 25.8 Å². The summed E-state index contributed by atoms with van der Waals surface area (Å²) in [5, 5.41) is 4.78. The molecule has 1 heterocycles. The number of ether oxygens (including phenoxy) is 1. The van der Waals surface area contributed by atoms with E-state index in [4.69, 9.17) is 16.3 Å². The number of fused-ring (bicyclic) bond motifs is 1. The van der Waals surface area contributed by atoms with Crippen LogP contribution in [0.25, 0.3) is 0 Å². The number of benzene rings is 3. The van der Waals surface area contributed by atoms with Crippen LogP contribution < -0.4 is 15.1 Å². The number of amides is 1. The van der Waals surface area contributed by atoms with Gasteiger partial charge in [0.25, 0.3) is 0 Å². The molecule has 0 bridgehead atoms. The molecule has 164 valence electrons. The average Bonchev–Trinajstić information content (AvgIpc) is 2.81. The number of hydrogen-bond acceptors (Lipinski definition) is 4. The Hall–Kier alpha value is -3.31. The number of anilines is 1. The fraction of sp³-hybridized carbons (Fsp3) is 0.231.